The molecule has 128 valence electrons. The molecule has 1 unspecified atom stereocenters. The molecule has 0 bridgehead atoms. The second-order valence-corrected chi connectivity index (χ2v) is 6.53. The van der Waals surface area contributed by atoms with Gasteiger partial charge in [-0.05, 0) is 33.8 Å². The highest BCUT2D eigenvalue weighted by molar-refractivity contribution is 7.85. The summed E-state index contributed by atoms with van der Waals surface area (Å²) in [5.41, 5.74) is 0.885. The van der Waals surface area contributed by atoms with E-state index >= 15 is 0 Å². The Kier molecular flexibility index (Phi) is 4.57. The maximum atomic E-state index is 12.3. The highest BCUT2D eigenvalue weighted by atomic mass is 32.2. The van der Waals surface area contributed by atoms with Gasteiger partial charge < -0.3 is 9.94 Å². The van der Waals surface area contributed by atoms with Gasteiger partial charge in [0.05, 0.1) is 23.3 Å². The van der Waals surface area contributed by atoms with E-state index in [0.717, 1.165) is 0 Å². The monoisotopic (exact) mass is 359 g/mol. The molecule has 1 atom stereocenters. The third-order valence-electron chi connectivity index (χ3n) is 3.56. The fraction of sp³-hybridized carbons (Fsp3) is 0.125. The average Bonchev–Trinajstić information content (AvgIpc) is 2.64. The molecule has 0 spiro atoms. The van der Waals surface area contributed by atoms with Crippen LogP contribution in [0.5, 0.6) is 0 Å². The SMILES string of the molecule is COC(=O)CS(=O)c1cccc(-c2cccc3c(=O)n(O)nnc23)c1. The van der Waals surface area contributed by atoms with Gasteiger partial charge in [-0.15, -0.1) is 5.10 Å². The largest absolute Gasteiger partial charge is 0.468 e. The van der Waals surface area contributed by atoms with Crippen LogP contribution in [0.2, 0.25) is 0 Å². The van der Waals surface area contributed by atoms with Gasteiger partial charge in [0.25, 0.3) is 0 Å². The lowest BCUT2D eigenvalue weighted by atomic mass is 10.0. The average molecular weight is 359 g/mol. The van der Waals surface area contributed by atoms with E-state index in [2.05, 4.69) is 15.0 Å². The van der Waals surface area contributed by atoms with Crippen LogP contribution in [0.3, 0.4) is 0 Å². The number of carbonyl (C=O) groups excluding carboxylic acids is 1. The highest BCUT2D eigenvalue weighted by Gasteiger charge is 2.14. The first kappa shape index (κ1) is 16.8. The zero-order valence-corrected chi connectivity index (χ0v) is 13.9. The Morgan fingerprint density at radius 1 is 1.28 bits per heavy atom. The summed E-state index contributed by atoms with van der Waals surface area (Å²) in [6.07, 6.45) is 0. The third kappa shape index (κ3) is 3.26. The Morgan fingerprint density at radius 2 is 2.04 bits per heavy atom. The van der Waals surface area contributed by atoms with E-state index in [-0.39, 0.29) is 16.0 Å². The molecule has 0 saturated heterocycles. The van der Waals surface area contributed by atoms with E-state index in [9.17, 15) is 19.0 Å². The fourth-order valence-corrected chi connectivity index (χ4v) is 3.33. The Morgan fingerprint density at radius 3 is 2.80 bits per heavy atom. The van der Waals surface area contributed by atoms with Crippen molar-refractivity contribution in [3.63, 3.8) is 0 Å². The topological polar surface area (TPSA) is 111 Å². The first-order valence-corrected chi connectivity index (χ1v) is 8.47. The van der Waals surface area contributed by atoms with Crippen molar-refractivity contribution in [1.29, 1.82) is 0 Å². The van der Waals surface area contributed by atoms with Crippen LogP contribution in [0.1, 0.15) is 0 Å². The first-order valence-electron chi connectivity index (χ1n) is 7.15. The number of hydrogen-bond acceptors (Lipinski definition) is 7. The molecule has 1 N–H and O–H groups in total. The zero-order valence-electron chi connectivity index (χ0n) is 13.1. The van der Waals surface area contributed by atoms with Crippen LogP contribution in [-0.2, 0) is 20.3 Å². The summed E-state index contributed by atoms with van der Waals surface area (Å²) in [6, 6.07) is 11.7. The molecule has 25 heavy (non-hydrogen) atoms. The van der Waals surface area contributed by atoms with Crippen LogP contribution in [0.25, 0.3) is 22.0 Å². The number of nitrogens with zero attached hydrogens (tertiary/aromatic N) is 3. The number of benzene rings is 2. The molecule has 3 rings (SSSR count). The van der Waals surface area contributed by atoms with Crippen LogP contribution in [0.4, 0.5) is 0 Å². The van der Waals surface area contributed by atoms with E-state index in [1.54, 1.807) is 36.4 Å². The molecular weight excluding hydrogens is 346 g/mol. The van der Waals surface area contributed by atoms with Crippen molar-refractivity contribution >= 4 is 27.7 Å². The van der Waals surface area contributed by atoms with Gasteiger partial charge in [-0.2, -0.15) is 0 Å². The molecule has 1 heterocycles. The second kappa shape index (κ2) is 6.81. The number of methoxy groups -OCH3 is 1. The summed E-state index contributed by atoms with van der Waals surface area (Å²) in [5, 5.41) is 16.8. The molecule has 1 aromatic heterocycles. The van der Waals surface area contributed by atoms with Gasteiger partial charge in [-0.1, -0.05) is 24.3 Å². The minimum absolute atomic E-state index is 0.175. The molecule has 0 saturated carbocycles. The van der Waals surface area contributed by atoms with Crippen molar-refractivity contribution in [3.8, 4) is 11.1 Å². The molecule has 3 aromatic rings. The summed E-state index contributed by atoms with van der Waals surface area (Å²) in [7, 11) is -0.321. The lowest BCUT2D eigenvalue weighted by Crippen LogP contribution is -2.21. The Bertz CT molecular complexity index is 1050. The summed E-state index contributed by atoms with van der Waals surface area (Å²) >= 11 is 0. The molecule has 9 heteroatoms. The van der Waals surface area contributed by atoms with E-state index in [1.165, 1.54) is 13.2 Å². The number of fused-ring (bicyclic) bond motifs is 1. The summed E-state index contributed by atoms with van der Waals surface area (Å²) in [5.74, 6) is -0.812. The number of aromatic nitrogens is 3. The number of esters is 1. The van der Waals surface area contributed by atoms with Crippen molar-refractivity contribution in [2.75, 3.05) is 12.9 Å². The molecule has 0 radical (unpaired) electrons. The van der Waals surface area contributed by atoms with E-state index in [0.29, 0.717) is 21.5 Å². The summed E-state index contributed by atoms with van der Waals surface area (Å²) < 4.78 is 16.8. The van der Waals surface area contributed by atoms with E-state index in [1.807, 2.05) is 0 Å². The number of carbonyl (C=O) groups is 1. The molecule has 0 aliphatic heterocycles. The van der Waals surface area contributed by atoms with Crippen LogP contribution >= 0.6 is 0 Å². The number of hydrogen-bond donors (Lipinski definition) is 1. The smallest absolute Gasteiger partial charge is 0.318 e. The summed E-state index contributed by atoms with van der Waals surface area (Å²) in [6.45, 7) is 0. The minimum atomic E-state index is -1.56. The lowest BCUT2D eigenvalue weighted by molar-refractivity contribution is -0.137. The summed E-state index contributed by atoms with van der Waals surface area (Å²) in [4.78, 5) is 23.9. The van der Waals surface area contributed by atoms with Crippen molar-refractivity contribution in [3.05, 3.63) is 52.8 Å². The number of rotatable bonds is 4. The molecule has 0 fully saturated rings. The first-order chi connectivity index (χ1) is 12.0. The molecule has 0 amide bonds. The van der Waals surface area contributed by atoms with Gasteiger partial charge >= 0.3 is 11.5 Å². The highest BCUT2D eigenvalue weighted by Crippen LogP contribution is 2.27. The zero-order chi connectivity index (χ0) is 18.0. The fourth-order valence-electron chi connectivity index (χ4n) is 2.35. The van der Waals surface area contributed by atoms with Crippen molar-refractivity contribution in [1.82, 2.24) is 15.2 Å². The maximum Gasteiger partial charge on any atom is 0.318 e. The quantitative estimate of drug-likeness (QED) is 0.546. The Balaban J connectivity index is 2.09. The maximum absolute atomic E-state index is 12.3. The Labute approximate surface area is 144 Å². The van der Waals surface area contributed by atoms with Crippen LogP contribution in [0, 0.1) is 0 Å². The second-order valence-electron chi connectivity index (χ2n) is 5.08. The van der Waals surface area contributed by atoms with Crippen molar-refractivity contribution in [2.45, 2.75) is 4.90 Å². The van der Waals surface area contributed by atoms with Crippen LogP contribution in [0.15, 0.2) is 52.2 Å². The number of ether oxygens (including phenoxy) is 1. The minimum Gasteiger partial charge on any atom is -0.468 e. The third-order valence-corrected chi connectivity index (χ3v) is 4.84. The van der Waals surface area contributed by atoms with Gasteiger partial charge in [0.2, 0.25) is 0 Å². The standard InChI is InChI=1S/C16H13N3O5S/c1-24-14(20)9-25(23)11-5-2-4-10(8-11)12-6-3-7-13-15(12)17-18-19(22)16(13)21/h2-8,22H,9H2,1H3. The van der Waals surface area contributed by atoms with Crippen LogP contribution < -0.4 is 5.56 Å². The molecule has 0 aliphatic rings. The van der Waals surface area contributed by atoms with E-state index < -0.39 is 22.3 Å². The van der Waals surface area contributed by atoms with Crippen molar-refractivity contribution < 1.29 is 18.9 Å². The molecular formula is C16H13N3O5S. The van der Waals surface area contributed by atoms with E-state index in [4.69, 9.17) is 0 Å². The Hall–Kier alpha value is -3.07. The van der Waals surface area contributed by atoms with Gasteiger partial charge in [0.1, 0.15) is 11.3 Å². The van der Waals surface area contributed by atoms with Crippen LogP contribution in [-0.4, -0.2) is 43.4 Å². The molecule has 8 nitrogen and oxygen atoms in total. The van der Waals surface area contributed by atoms with Gasteiger partial charge in [0.15, 0.2) is 0 Å². The normalized spacial score (nSPS) is 12.0. The lowest BCUT2D eigenvalue weighted by Gasteiger charge is -2.07. The van der Waals surface area contributed by atoms with Crippen molar-refractivity contribution in [2.24, 2.45) is 0 Å². The van der Waals surface area contributed by atoms with Gasteiger partial charge in [-0.3, -0.25) is 13.8 Å². The predicted molar refractivity (Wildman–Crippen MR) is 89.7 cm³/mol. The predicted octanol–water partition coefficient (Wildman–Crippen LogP) is 0.976. The van der Waals surface area contributed by atoms with Gasteiger partial charge in [-0.25, -0.2) is 0 Å². The molecule has 2 aromatic carbocycles. The van der Waals surface area contributed by atoms with Gasteiger partial charge in [0, 0.05) is 10.5 Å². The molecule has 0 aliphatic carbocycles.